The maximum Gasteiger partial charge on any atom is 0.305 e. The Morgan fingerprint density at radius 3 is 2.85 bits per heavy atom. The summed E-state index contributed by atoms with van der Waals surface area (Å²) in [5.74, 6) is -1.21. The van der Waals surface area contributed by atoms with Crippen molar-refractivity contribution in [2.45, 2.75) is 38.1 Å². The Morgan fingerprint density at radius 1 is 1.24 bits per heavy atom. The van der Waals surface area contributed by atoms with Crippen LogP contribution in [0.3, 0.4) is 0 Å². The average Bonchev–Trinajstić information content (AvgIpc) is 3.31. The van der Waals surface area contributed by atoms with E-state index in [1.807, 2.05) is 6.07 Å². The molecule has 0 unspecified atom stereocenters. The van der Waals surface area contributed by atoms with Gasteiger partial charge in [-0.25, -0.2) is 9.37 Å². The average molecular weight is 467 g/mol. The minimum atomic E-state index is -1.11. The number of nitrogens with one attached hydrogen (secondary N) is 3. The van der Waals surface area contributed by atoms with Crippen molar-refractivity contribution in [3.05, 3.63) is 76.5 Å². The first-order valence-corrected chi connectivity index (χ1v) is 11.2. The second-order valence-corrected chi connectivity index (χ2v) is 8.28. The molecule has 1 aliphatic rings. The SMILES string of the molecule is COc1ccc([C@@H](CC(=O)O)NC(=O)c2cc(CCc3ccc4c(n3)NCCC4)c[nH]2)cc1F. The highest BCUT2D eigenvalue weighted by Gasteiger charge is 2.21. The lowest BCUT2D eigenvalue weighted by molar-refractivity contribution is -0.137. The van der Waals surface area contributed by atoms with Crippen molar-refractivity contribution in [2.75, 3.05) is 19.0 Å². The van der Waals surface area contributed by atoms with Gasteiger partial charge in [-0.15, -0.1) is 0 Å². The van der Waals surface area contributed by atoms with E-state index < -0.39 is 23.7 Å². The monoisotopic (exact) mass is 466 g/mol. The minimum absolute atomic E-state index is 0.0439. The first-order valence-electron chi connectivity index (χ1n) is 11.2. The summed E-state index contributed by atoms with van der Waals surface area (Å²) in [5, 5.41) is 15.3. The molecule has 0 bridgehead atoms. The van der Waals surface area contributed by atoms with E-state index in [1.165, 1.54) is 30.9 Å². The zero-order chi connectivity index (χ0) is 24.1. The zero-order valence-corrected chi connectivity index (χ0v) is 18.9. The fourth-order valence-electron chi connectivity index (χ4n) is 4.06. The van der Waals surface area contributed by atoms with Gasteiger partial charge in [0.2, 0.25) is 0 Å². The summed E-state index contributed by atoms with van der Waals surface area (Å²) < 4.78 is 19.0. The third-order valence-electron chi connectivity index (χ3n) is 5.87. The Bertz CT molecular complexity index is 1190. The van der Waals surface area contributed by atoms with Crippen LogP contribution in [0.15, 0.2) is 42.6 Å². The van der Waals surface area contributed by atoms with Gasteiger partial charge in [0.15, 0.2) is 11.6 Å². The molecular weight excluding hydrogens is 439 g/mol. The number of carboxylic acids is 1. The predicted octanol–water partition coefficient (Wildman–Crippen LogP) is 3.65. The Labute approximate surface area is 196 Å². The number of ether oxygens (including phenoxy) is 1. The number of carbonyl (C=O) groups is 2. The standard InChI is InChI=1S/C25H27FN4O4/c1-34-22-9-6-17(12-19(22)26)20(13-23(31)32)30-25(33)21-11-15(14-28-21)4-7-18-8-5-16-3-2-10-27-24(16)29-18/h5-6,8-9,11-12,14,20,28H,2-4,7,10,13H2,1H3,(H,27,29)(H,30,33)(H,31,32)/t20-/m1/s1. The molecule has 178 valence electrons. The minimum Gasteiger partial charge on any atom is -0.494 e. The molecule has 0 saturated carbocycles. The summed E-state index contributed by atoms with van der Waals surface area (Å²) in [7, 11) is 1.34. The van der Waals surface area contributed by atoms with Crippen molar-refractivity contribution in [3.63, 3.8) is 0 Å². The largest absolute Gasteiger partial charge is 0.494 e. The van der Waals surface area contributed by atoms with Gasteiger partial charge in [0.25, 0.3) is 5.91 Å². The highest BCUT2D eigenvalue weighted by atomic mass is 19.1. The number of aryl methyl sites for hydroxylation is 3. The normalized spacial score (nSPS) is 13.5. The Hall–Kier alpha value is -3.88. The molecule has 1 aromatic carbocycles. The highest BCUT2D eigenvalue weighted by Crippen LogP contribution is 2.24. The fourth-order valence-corrected chi connectivity index (χ4v) is 4.06. The molecule has 3 heterocycles. The first-order chi connectivity index (χ1) is 16.4. The summed E-state index contributed by atoms with van der Waals surface area (Å²) >= 11 is 0. The number of H-pyrrole nitrogens is 1. The van der Waals surface area contributed by atoms with E-state index in [-0.39, 0.29) is 12.2 Å². The quantitative estimate of drug-likeness (QED) is 0.383. The maximum absolute atomic E-state index is 14.1. The van der Waals surface area contributed by atoms with E-state index in [0.29, 0.717) is 17.7 Å². The molecule has 3 aromatic rings. The zero-order valence-electron chi connectivity index (χ0n) is 18.9. The van der Waals surface area contributed by atoms with E-state index >= 15 is 0 Å². The third kappa shape index (κ3) is 5.54. The Kier molecular flexibility index (Phi) is 7.10. The number of fused-ring (bicyclic) bond motifs is 1. The van der Waals surface area contributed by atoms with Gasteiger partial charge in [0.05, 0.1) is 19.6 Å². The van der Waals surface area contributed by atoms with Crippen LogP contribution in [0.25, 0.3) is 0 Å². The molecule has 2 aromatic heterocycles. The summed E-state index contributed by atoms with van der Waals surface area (Å²) in [6, 6.07) is 9.11. The van der Waals surface area contributed by atoms with Crippen molar-refractivity contribution in [2.24, 2.45) is 0 Å². The van der Waals surface area contributed by atoms with Crippen LogP contribution in [-0.4, -0.2) is 40.6 Å². The fraction of sp³-hybridized carbons (Fsp3) is 0.320. The van der Waals surface area contributed by atoms with Gasteiger partial charge in [-0.2, -0.15) is 0 Å². The molecule has 0 fully saturated rings. The number of hydrogen-bond acceptors (Lipinski definition) is 5. The highest BCUT2D eigenvalue weighted by molar-refractivity contribution is 5.93. The maximum atomic E-state index is 14.1. The number of aliphatic carboxylic acids is 1. The Morgan fingerprint density at radius 2 is 2.09 bits per heavy atom. The lowest BCUT2D eigenvalue weighted by Gasteiger charge is -2.18. The number of aromatic nitrogens is 2. The van der Waals surface area contributed by atoms with E-state index in [4.69, 9.17) is 9.72 Å². The van der Waals surface area contributed by atoms with E-state index in [9.17, 15) is 19.1 Å². The second kappa shape index (κ2) is 10.4. The first kappa shape index (κ1) is 23.3. The molecule has 1 atom stereocenters. The van der Waals surface area contributed by atoms with Crippen LogP contribution in [-0.2, 0) is 24.1 Å². The number of hydrogen-bond donors (Lipinski definition) is 4. The van der Waals surface area contributed by atoms with Gasteiger partial charge < -0.3 is 25.5 Å². The van der Waals surface area contributed by atoms with Gasteiger partial charge in [-0.1, -0.05) is 12.1 Å². The molecule has 8 nitrogen and oxygen atoms in total. The summed E-state index contributed by atoms with van der Waals surface area (Å²) in [6.45, 7) is 0.936. The molecule has 34 heavy (non-hydrogen) atoms. The van der Waals surface area contributed by atoms with Crippen LogP contribution < -0.4 is 15.4 Å². The molecule has 1 amide bonds. The molecule has 0 spiro atoms. The van der Waals surface area contributed by atoms with Crippen molar-refractivity contribution in [3.8, 4) is 5.75 Å². The van der Waals surface area contributed by atoms with Gasteiger partial charge in [0, 0.05) is 18.4 Å². The topological polar surface area (TPSA) is 116 Å². The molecule has 4 N–H and O–H groups in total. The van der Waals surface area contributed by atoms with Crippen molar-refractivity contribution < 1.29 is 23.8 Å². The number of carbonyl (C=O) groups excluding carboxylic acids is 1. The second-order valence-electron chi connectivity index (χ2n) is 8.28. The molecular formula is C25H27FN4O4. The number of pyridine rings is 1. The molecule has 1 aliphatic heterocycles. The van der Waals surface area contributed by atoms with Gasteiger partial charge in [-0.05, 0) is 66.6 Å². The van der Waals surface area contributed by atoms with Gasteiger partial charge >= 0.3 is 5.97 Å². The summed E-state index contributed by atoms with van der Waals surface area (Å²) in [6.07, 6.45) is 4.94. The summed E-state index contributed by atoms with van der Waals surface area (Å²) in [4.78, 5) is 31.8. The predicted molar refractivity (Wildman–Crippen MR) is 125 cm³/mol. The van der Waals surface area contributed by atoms with E-state index in [1.54, 1.807) is 12.3 Å². The summed E-state index contributed by atoms with van der Waals surface area (Å²) in [5.41, 5.74) is 3.79. The van der Waals surface area contributed by atoms with Crippen LogP contribution >= 0.6 is 0 Å². The van der Waals surface area contributed by atoms with E-state index in [2.05, 4.69) is 21.7 Å². The van der Waals surface area contributed by atoms with Crippen LogP contribution in [0.2, 0.25) is 0 Å². The van der Waals surface area contributed by atoms with Crippen LogP contribution in [0.1, 0.15) is 51.8 Å². The molecule has 0 radical (unpaired) electrons. The van der Waals surface area contributed by atoms with Crippen molar-refractivity contribution >= 4 is 17.7 Å². The van der Waals surface area contributed by atoms with Crippen LogP contribution in [0.4, 0.5) is 10.2 Å². The molecule has 0 saturated heterocycles. The van der Waals surface area contributed by atoms with Crippen LogP contribution in [0, 0.1) is 5.82 Å². The van der Waals surface area contributed by atoms with Crippen LogP contribution in [0.5, 0.6) is 5.75 Å². The number of methoxy groups -OCH3 is 1. The van der Waals surface area contributed by atoms with Gasteiger partial charge in [0.1, 0.15) is 11.5 Å². The van der Waals surface area contributed by atoms with Crippen molar-refractivity contribution in [1.82, 2.24) is 15.3 Å². The molecule has 9 heteroatoms. The Balaban J connectivity index is 1.41. The number of anilines is 1. The smallest absolute Gasteiger partial charge is 0.305 e. The third-order valence-corrected chi connectivity index (χ3v) is 5.87. The number of rotatable bonds is 9. The number of amides is 1. The van der Waals surface area contributed by atoms with Crippen molar-refractivity contribution in [1.29, 1.82) is 0 Å². The molecule has 4 rings (SSSR count). The van der Waals surface area contributed by atoms with E-state index in [0.717, 1.165) is 42.9 Å². The lowest BCUT2D eigenvalue weighted by Crippen LogP contribution is -2.30. The number of nitrogens with zero attached hydrogens (tertiary/aromatic N) is 1. The van der Waals surface area contributed by atoms with Gasteiger partial charge in [-0.3, -0.25) is 9.59 Å². The number of benzene rings is 1. The lowest BCUT2D eigenvalue weighted by atomic mass is 10.0. The molecule has 0 aliphatic carbocycles. The number of aromatic amines is 1. The number of carboxylic acid groups (broad SMARTS) is 1. The number of halogens is 1.